The van der Waals surface area contributed by atoms with Crippen LogP contribution in [0, 0.1) is 13.8 Å². The summed E-state index contributed by atoms with van der Waals surface area (Å²) >= 11 is 3.48. The van der Waals surface area contributed by atoms with Crippen molar-refractivity contribution in [1.29, 1.82) is 0 Å². The minimum atomic E-state index is 0.807. The van der Waals surface area contributed by atoms with E-state index in [-0.39, 0.29) is 0 Å². The summed E-state index contributed by atoms with van der Waals surface area (Å²) in [5.74, 6) is 0.807. The van der Waals surface area contributed by atoms with Crippen molar-refractivity contribution in [3.05, 3.63) is 46.3 Å². The monoisotopic (exact) mass is 277 g/mol. The van der Waals surface area contributed by atoms with Crippen molar-refractivity contribution < 1.29 is 0 Å². The van der Waals surface area contributed by atoms with E-state index in [1.807, 2.05) is 32.2 Å². The lowest BCUT2D eigenvalue weighted by Gasteiger charge is -2.09. The molecule has 0 atom stereocenters. The zero-order valence-electron chi connectivity index (χ0n) is 9.16. The second kappa shape index (κ2) is 4.61. The SMILES string of the molecule is Cc1cnc(Nc2cnccc2C)c(Br)c1. The topological polar surface area (TPSA) is 37.8 Å². The van der Waals surface area contributed by atoms with Gasteiger partial charge in [-0.3, -0.25) is 4.98 Å². The second-order valence-electron chi connectivity index (χ2n) is 3.66. The Balaban J connectivity index is 2.31. The summed E-state index contributed by atoms with van der Waals surface area (Å²) in [7, 11) is 0. The van der Waals surface area contributed by atoms with Gasteiger partial charge < -0.3 is 5.32 Å². The Morgan fingerprint density at radius 1 is 1.25 bits per heavy atom. The molecule has 4 heteroatoms. The van der Waals surface area contributed by atoms with Gasteiger partial charge in [-0.05, 0) is 53.0 Å². The lowest BCUT2D eigenvalue weighted by molar-refractivity contribution is 1.22. The summed E-state index contributed by atoms with van der Waals surface area (Å²) in [6, 6.07) is 3.99. The van der Waals surface area contributed by atoms with Gasteiger partial charge in [0.05, 0.1) is 16.4 Å². The minimum absolute atomic E-state index is 0.807. The van der Waals surface area contributed by atoms with E-state index in [2.05, 4.69) is 31.2 Å². The lowest BCUT2D eigenvalue weighted by Crippen LogP contribution is -1.97. The minimum Gasteiger partial charge on any atom is -0.338 e. The van der Waals surface area contributed by atoms with Crippen LogP contribution in [0.5, 0.6) is 0 Å². The summed E-state index contributed by atoms with van der Waals surface area (Å²) < 4.78 is 0.954. The first-order chi connectivity index (χ1) is 7.66. The zero-order chi connectivity index (χ0) is 11.5. The first kappa shape index (κ1) is 11.1. The van der Waals surface area contributed by atoms with Gasteiger partial charge in [0.15, 0.2) is 0 Å². The van der Waals surface area contributed by atoms with Crippen molar-refractivity contribution in [1.82, 2.24) is 9.97 Å². The smallest absolute Gasteiger partial charge is 0.144 e. The highest BCUT2D eigenvalue weighted by atomic mass is 79.9. The third-order valence-corrected chi connectivity index (χ3v) is 2.87. The van der Waals surface area contributed by atoms with Crippen LogP contribution >= 0.6 is 15.9 Å². The zero-order valence-corrected chi connectivity index (χ0v) is 10.7. The van der Waals surface area contributed by atoms with Crippen LogP contribution in [-0.2, 0) is 0 Å². The Morgan fingerprint density at radius 3 is 2.75 bits per heavy atom. The Kier molecular flexibility index (Phi) is 3.19. The van der Waals surface area contributed by atoms with E-state index in [4.69, 9.17) is 0 Å². The number of nitrogens with zero attached hydrogens (tertiary/aromatic N) is 2. The van der Waals surface area contributed by atoms with Gasteiger partial charge in [-0.2, -0.15) is 0 Å². The molecule has 82 valence electrons. The summed E-state index contributed by atoms with van der Waals surface area (Å²) in [4.78, 5) is 8.41. The predicted octanol–water partition coefficient (Wildman–Crippen LogP) is 3.60. The van der Waals surface area contributed by atoms with Gasteiger partial charge >= 0.3 is 0 Å². The Labute approximate surface area is 103 Å². The molecule has 3 nitrogen and oxygen atoms in total. The van der Waals surface area contributed by atoms with Crippen molar-refractivity contribution in [3.63, 3.8) is 0 Å². The van der Waals surface area contributed by atoms with Crippen LogP contribution in [0.15, 0.2) is 35.2 Å². The number of pyridine rings is 2. The molecule has 0 saturated carbocycles. The van der Waals surface area contributed by atoms with Gasteiger partial charge in [-0.1, -0.05) is 0 Å². The summed E-state index contributed by atoms with van der Waals surface area (Å²) in [5, 5.41) is 3.25. The molecule has 2 aromatic heterocycles. The molecule has 0 aliphatic rings. The number of hydrogen-bond acceptors (Lipinski definition) is 3. The van der Waals surface area contributed by atoms with Crippen LogP contribution in [-0.4, -0.2) is 9.97 Å². The maximum Gasteiger partial charge on any atom is 0.144 e. The average Bonchev–Trinajstić information content (AvgIpc) is 2.25. The van der Waals surface area contributed by atoms with E-state index >= 15 is 0 Å². The first-order valence-corrected chi connectivity index (χ1v) is 5.76. The molecule has 0 amide bonds. The maximum absolute atomic E-state index is 4.33. The molecule has 0 saturated heterocycles. The van der Waals surface area contributed by atoms with Gasteiger partial charge in [0.25, 0.3) is 0 Å². The van der Waals surface area contributed by atoms with Crippen molar-refractivity contribution in [2.24, 2.45) is 0 Å². The maximum atomic E-state index is 4.33. The molecule has 1 N–H and O–H groups in total. The van der Waals surface area contributed by atoms with Gasteiger partial charge in [0, 0.05) is 12.4 Å². The molecule has 0 aromatic carbocycles. The highest BCUT2D eigenvalue weighted by molar-refractivity contribution is 9.10. The van der Waals surface area contributed by atoms with Crippen LogP contribution in [0.1, 0.15) is 11.1 Å². The van der Waals surface area contributed by atoms with Gasteiger partial charge in [0.1, 0.15) is 5.82 Å². The number of rotatable bonds is 2. The average molecular weight is 278 g/mol. The number of aryl methyl sites for hydroxylation is 2. The van der Waals surface area contributed by atoms with E-state index in [1.165, 1.54) is 0 Å². The Bertz CT molecular complexity index is 511. The van der Waals surface area contributed by atoms with Crippen molar-refractivity contribution in [3.8, 4) is 0 Å². The van der Waals surface area contributed by atoms with Crippen LogP contribution in [0.25, 0.3) is 0 Å². The fourth-order valence-electron chi connectivity index (χ4n) is 1.35. The van der Waals surface area contributed by atoms with Crippen LogP contribution in [0.3, 0.4) is 0 Å². The molecular formula is C12H12BrN3. The van der Waals surface area contributed by atoms with Crippen molar-refractivity contribution in [2.75, 3.05) is 5.32 Å². The van der Waals surface area contributed by atoms with Crippen LogP contribution < -0.4 is 5.32 Å². The van der Waals surface area contributed by atoms with Gasteiger partial charge in [0.2, 0.25) is 0 Å². The number of aromatic nitrogens is 2. The van der Waals surface area contributed by atoms with Crippen LogP contribution in [0.4, 0.5) is 11.5 Å². The molecule has 2 rings (SSSR count). The lowest BCUT2D eigenvalue weighted by atomic mass is 10.2. The quantitative estimate of drug-likeness (QED) is 0.912. The molecule has 0 spiro atoms. The van der Waals surface area contributed by atoms with Gasteiger partial charge in [-0.25, -0.2) is 4.98 Å². The number of nitrogens with one attached hydrogen (secondary N) is 1. The van der Waals surface area contributed by atoms with Crippen molar-refractivity contribution in [2.45, 2.75) is 13.8 Å². The van der Waals surface area contributed by atoms with E-state index in [0.29, 0.717) is 0 Å². The van der Waals surface area contributed by atoms with E-state index in [9.17, 15) is 0 Å². The summed E-state index contributed by atoms with van der Waals surface area (Å²) in [6.45, 7) is 4.04. The Morgan fingerprint density at radius 2 is 2.06 bits per heavy atom. The third-order valence-electron chi connectivity index (χ3n) is 2.27. The molecule has 2 aromatic rings. The third kappa shape index (κ3) is 2.39. The predicted molar refractivity (Wildman–Crippen MR) is 68.9 cm³/mol. The van der Waals surface area contributed by atoms with Crippen molar-refractivity contribution >= 4 is 27.4 Å². The van der Waals surface area contributed by atoms with E-state index in [1.54, 1.807) is 12.4 Å². The standard InChI is InChI=1S/C12H12BrN3/c1-8-5-10(13)12(15-6-8)16-11-7-14-4-3-9(11)2/h3-7H,1-2H3,(H,15,16). The highest BCUT2D eigenvalue weighted by Crippen LogP contribution is 2.25. The molecule has 0 fully saturated rings. The molecule has 0 bridgehead atoms. The largest absolute Gasteiger partial charge is 0.338 e. The Hall–Kier alpha value is -1.42. The van der Waals surface area contributed by atoms with E-state index < -0.39 is 0 Å². The van der Waals surface area contributed by atoms with E-state index in [0.717, 1.165) is 27.1 Å². The molecule has 0 unspecified atom stereocenters. The molecule has 0 aliphatic carbocycles. The number of anilines is 2. The molecule has 0 radical (unpaired) electrons. The summed E-state index contributed by atoms with van der Waals surface area (Å²) in [6.07, 6.45) is 5.40. The fourth-order valence-corrected chi connectivity index (χ4v) is 1.91. The highest BCUT2D eigenvalue weighted by Gasteiger charge is 2.03. The molecule has 2 heterocycles. The summed E-state index contributed by atoms with van der Waals surface area (Å²) in [5.41, 5.74) is 3.24. The molecule has 16 heavy (non-hydrogen) atoms. The fraction of sp³-hybridized carbons (Fsp3) is 0.167. The van der Waals surface area contributed by atoms with Crippen LogP contribution in [0.2, 0.25) is 0 Å². The number of halogens is 1. The second-order valence-corrected chi connectivity index (χ2v) is 4.51. The number of hydrogen-bond donors (Lipinski definition) is 1. The molecular weight excluding hydrogens is 266 g/mol. The first-order valence-electron chi connectivity index (χ1n) is 4.96. The normalized spacial score (nSPS) is 10.2. The van der Waals surface area contributed by atoms with Gasteiger partial charge in [-0.15, -0.1) is 0 Å². The molecule has 0 aliphatic heterocycles.